The average Bonchev–Trinajstić information content (AvgIpc) is 3.63. The van der Waals surface area contributed by atoms with Gasteiger partial charge in [-0.1, -0.05) is 158 Å². The largest absolute Gasteiger partial charge is 0.208 e. The Balaban J connectivity index is 1.18. The zero-order valence-electron chi connectivity index (χ0n) is 26.6. The van der Waals surface area contributed by atoms with E-state index in [-0.39, 0.29) is 5.41 Å². The van der Waals surface area contributed by atoms with Crippen molar-refractivity contribution in [3.63, 3.8) is 0 Å². The van der Waals surface area contributed by atoms with Gasteiger partial charge in [-0.2, -0.15) is 0 Å². The minimum Gasteiger partial charge on any atom is -0.208 e. The summed E-state index contributed by atoms with van der Waals surface area (Å²) in [7, 11) is 0. The predicted molar refractivity (Wildman–Crippen MR) is 196 cm³/mol. The molecule has 0 fully saturated rings. The molecular weight excluding hydrogens is 583 g/mol. The monoisotopic (exact) mass is 613 g/mol. The molecule has 9 rings (SSSR count). The Labute approximate surface area is 280 Å². The Hall–Kier alpha value is -6.19. The van der Waals surface area contributed by atoms with Crippen LogP contribution in [0, 0.1) is 0 Å². The molecular formula is C45H31N3. The highest BCUT2D eigenvalue weighted by molar-refractivity contribution is 5.95. The fourth-order valence-electron chi connectivity index (χ4n) is 7.77. The minimum atomic E-state index is -0.361. The van der Waals surface area contributed by atoms with Gasteiger partial charge < -0.3 is 0 Å². The van der Waals surface area contributed by atoms with Crippen molar-refractivity contribution in [2.45, 2.75) is 12.3 Å². The van der Waals surface area contributed by atoms with Gasteiger partial charge in [-0.05, 0) is 68.6 Å². The summed E-state index contributed by atoms with van der Waals surface area (Å²) in [6.07, 6.45) is 3.76. The summed E-state index contributed by atoms with van der Waals surface area (Å²) in [4.78, 5) is 14.6. The number of hydrogen-bond donors (Lipinski definition) is 0. The smallest absolute Gasteiger partial charge is 0.164 e. The molecule has 1 heterocycles. The van der Waals surface area contributed by atoms with Gasteiger partial charge in [0.15, 0.2) is 17.5 Å². The van der Waals surface area contributed by atoms with E-state index in [1.165, 1.54) is 50.1 Å². The number of benzene rings is 6. The molecule has 0 bridgehead atoms. The maximum atomic E-state index is 4.90. The Bertz CT molecular complexity index is 2360. The highest BCUT2D eigenvalue weighted by Crippen LogP contribution is 2.62. The lowest BCUT2D eigenvalue weighted by atomic mass is 9.70. The molecule has 0 saturated heterocycles. The molecule has 2 aliphatic rings. The van der Waals surface area contributed by atoms with Crippen LogP contribution in [0.1, 0.15) is 35.0 Å². The molecule has 3 heteroatoms. The number of aromatic nitrogens is 3. The van der Waals surface area contributed by atoms with Crippen LogP contribution < -0.4 is 0 Å². The Morgan fingerprint density at radius 1 is 0.479 bits per heavy atom. The lowest BCUT2D eigenvalue weighted by Crippen LogP contribution is -2.25. The maximum absolute atomic E-state index is 4.90. The third-order valence-electron chi connectivity index (χ3n) is 9.93. The van der Waals surface area contributed by atoms with Gasteiger partial charge >= 0.3 is 0 Å². The van der Waals surface area contributed by atoms with E-state index in [0.717, 1.165) is 22.3 Å². The van der Waals surface area contributed by atoms with Crippen LogP contribution in [-0.2, 0) is 5.41 Å². The summed E-state index contributed by atoms with van der Waals surface area (Å²) in [6.45, 7) is 5.95. The first-order valence-electron chi connectivity index (χ1n) is 16.4. The Kier molecular flexibility index (Phi) is 6.41. The fourth-order valence-corrected chi connectivity index (χ4v) is 7.77. The Morgan fingerprint density at radius 3 is 1.48 bits per heavy atom. The minimum absolute atomic E-state index is 0.361. The molecule has 0 N–H and O–H groups in total. The van der Waals surface area contributed by atoms with Gasteiger partial charge in [0.1, 0.15) is 0 Å². The second-order valence-corrected chi connectivity index (χ2v) is 12.3. The van der Waals surface area contributed by atoms with Crippen LogP contribution in [0.3, 0.4) is 0 Å². The standard InChI is InChI=1S/C45H31N3/c1-3-29(4-2)42-46-43(31-14-6-5-7-15-31)48-44(47-42)32-24-22-30(23-25-32)33-26-27-37-36-18-10-13-21-40(36)45(41(37)28-33)38-19-11-8-16-34(38)35-17-9-12-20-39(35)45/h3-28H,1H2,2H3/b29-4+. The molecule has 3 nitrogen and oxygen atoms in total. The van der Waals surface area contributed by atoms with Crippen molar-refractivity contribution in [2.24, 2.45) is 0 Å². The molecule has 1 spiro atoms. The predicted octanol–water partition coefficient (Wildman–Crippen LogP) is 10.8. The molecule has 2 aliphatic carbocycles. The van der Waals surface area contributed by atoms with Crippen LogP contribution in [0.15, 0.2) is 164 Å². The van der Waals surface area contributed by atoms with E-state index in [2.05, 4.69) is 122 Å². The van der Waals surface area contributed by atoms with E-state index in [1.54, 1.807) is 6.08 Å². The lowest BCUT2D eigenvalue weighted by Gasteiger charge is -2.30. The van der Waals surface area contributed by atoms with Crippen molar-refractivity contribution in [3.8, 4) is 56.2 Å². The van der Waals surface area contributed by atoms with Gasteiger partial charge in [0.2, 0.25) is 0 Å². The number of fused-ring (bicyclic) bond motifs is 10. The van der Waals surface area contributed by atoms with Crippen LogP contribution in [0.4, 0.5) is 0 Å². The topological polar surface area (TPSA) is 38.7 Å². The van der Waals surface area contributed by atoms with Crippen LogP contribution >= 0.6 is 0 Å². The number of hydrogen-bond acceptors (Lipinski definition) is 3. The summed E-state index contributed by atoms with van der Waals surface area (Å²) in [6, 6.07) is 52.4. The second-order valence-electron chi connectivity index (χ2n) is 12.3. The number of nitrogens with zero attached hydrogens (tertiary/aromatic N) is 3. The van der Waals surface area contributed by atoms with Gasteiger partial charge in [-0.15, -0.1) is 0 Å². The molecule has 0 atom stereocenters. The Morgan fingerprint density at radius 2 is 0.938 bits per heavy atom. The first kappa shape index (κ1) is 28.1. The van der Waals surface area contributed by atoms with E-state index in [0.29, 0.717) is 17.5 Å². The molecule has 1 aromatic heterocycles. The van der Waals surface area contributed by atoms with E-state index < -0.39 is 0 Å². The van der Waals surface area contributed by atoms with Gasteiger partial charge in [-0.25, -0.2) is 15.0 Å². The molecule has 0 amide bonds. The molecule has 0 radical (unpaired) electrons. The average molecular weight is 614 g/mol. The van der Waals surface area contributed by atoms with Gasteiger partial charge in [0, 0.05) is 16.7 Å². The van der Waals surface area contributed by atoms with Gasteiger partial charge in [0.25, 0.3) is 0 Å². The maximum Gasteiger partial charge on any atom is 0.164 e. The normalized spacial score (nSPS) is 13.5. The summed E-state index contributed by atoms with van der Waals surface area (Å²) in [5.41, 5.74) is 15.3. The molecule has 6 aromatic carbocycles. The quantitative estimate of drug-likeness (QED) is 0.181. The zero-order valence-corrected chi connectivity index (χ0v) is 26.6. The first-order chi connectivity index (χ1) is 23.7. The van der Waals surface area contributed by atoms with Gasteiger partial charge in [-0.3, -0.25) is 0 Å². The van der Waals surface area contributed by atoms with E-state index >= 15 is 0 Å². The molecule has 7 aromatic rings. The van der Waals surface area contributed by atoms with Crippen LogP contribution in [0.2, 0.25) is 0 Å². The zero-order chi connectivity index (χ0) is 32.2. The van der Waals surface area contributed by atoms with Crippen molar-refractivity contribution >= 4 is 5.57 Å². The molecule has 48 heavy (non-hydrogen) atoms. The van der Waals surface area contributed by atoms with Crippen molar-refractivity contribution in [1.29, 1.82) is 0 Å². The SMILES string of the molecule is C=C/C(=C\C)c1nc(-c2ccccc2)nc(-c2ccc(-c3ccc4c(c3)C3(c5ccccc5-c5ccccc53)c3ccccc3-4)cc2)n1. The third kappa shape index (κ3) is 4.04. The van der Waals surface area contributed by atoms with Gasteiger partial charge in [0.05, 0.1) is 5.41 Å². The second kappa shape index (κ2) is 11.0. The lowest BCUT2D eigenvalue weighted by molar-refractivity contribution is 0.794. The highest BCUT2D eigenvalue weighted by Gasteiger charge is 2.51. The summed E-state index contributed by atoms with van der Waals surface area (Å²) in [5.74, 6) is 1.89. The summed E-state index contributed by atoms with van der Waals surface area (Å²) < 4.78 is 0. The summed E-state index contributed by atoms with van der Waals surface area (Å²) in [5, 5.41) is 0. The van der Waals surface area contributed by atoms with Crippen LogP contribution in [0.5, 0.6) is 0 Å². The van der Waals surface area contributed by atoms with E-state index in [1.807, 2.05) is 43.3 Å². The van der Waals surface area contributed by atoms with Crippen molar-refractivity contribution in [2.75, 3.05) is 0 Å². The number of allylic oxidation sites excluding steroid dienone is 3. The molecule has 0 unspecified atom stereocenters. The van der Waals surface area contributed by atoms with E-state index in [4.69, 9.17) is 15.0 Å². The van der Waals surface area contributed by atoms with Crippen LogP contribution in [-0.4, -0.2) is 15.0 Å². The summed E-state index contributed by atoms with van der Waals surface area (Å²) >= 11 is 0. The fraction of sp³-hybridized carbons (Fsp3) is 0.0444. The first-order valence-corrected chi connectivity index (χ1v) is 16.4. The van der Waals surface area contributed by atoms with Crippen LogP contribution in [0.25, 0.3) is 61.7 Å². The molecule has 0 aliphatic heterocycles. The molecule has 0 saturated carbocycles. The number of rotatable bonds is 5. The highest BCUT2D eigenvalue weighted by atomic mass is 15.0. The van der Waals surface area contributed by atoms with Crippen molar-refractivity contribution in [1.82, 2.24) is 15.0 Å². The third-order valence-corrected chi connectivity index (χ3v) is 9.93. The molecule has 226 valence electrons. The van der Waals surface area contributed by atoms with E-state index in [9.17, 15) is 0 Å². The van der Waals surface area contributed by atoms with Crippen molar-refractivity contribution in [3.05, 3.63) is 192 Å². The van der Waals surface area contributed by atoms with Crippen molar-refractivity contribution < 1.29 is 0 Å².